The van der Waals surface area contributed by atoms with Crippen LogP contribution in [0.5, 0.6) is 11.8 Å². The van der Waals surface area contributed by atoms with E-state index in [9.17, 15) is 0 Å². The number of halogens is 2. The maximum Gasteiger partial charge on any atom is 0.322 e. The predicted molar refractivity (Wildman–Crippen MR) is 75.3 cm³/mol. The van der Waals surface area contributed by atoms with Crippen LogP contribution in [0.2, 0.25) is 0 Å². The van der Waals surface area contributed by atoms with Crippen LogP contribution in [0.1, 0.15) is 16.8 Å². The highest BCUT2D eigenvalue weighted by atomic mass is 79.9. The zero-order valence-corrected chi connectivity index (χ0v) is 12.4. The van der Waals surface area contributed by atoms with Crippen molar-refractivity contribution in [3.05, 3.63) is 45.7 Å². The van der Waals surface area contributed by atoms with Gasteiger partial charge in [0, 0.05) is 17.5 Å². The molecule has 0 saturated carbocycles. The molecule has 0 saturated heterocycles. The Balaban J connectivity index is 2.26. The van der Waals surface area contributed by atoms with Crippen molar-refractivity contribution in [3.63, 3.8) is 0 Å². The van der Waals surface area contributed by atoms with Gasteiger partial charge in [0.25, 0.3) is 0 Å². The molecule has 5 heteroatoms. The Hall–Kier alpha value is -1.13. The monoisotopic (exact) mass is 326 g/mol. The Bertz CT molecular complexity index is 575. The van der Waals surface area contributed by atoms with Crippen LogP contribution in [-0.2, 0) is 5.88 Å². The molecule has 0 bridgehead atoms. The van der Waals surface area contributed by atoms with Crippen molar-refractivity contribution in [2.45, 2.75) is 19.7 Å². The second-order valence-electron chi connectivity index (χ2n) is 3.93. The third-order valence-corrected chi connectivity index (χ3v) is 3.40. The lowest BCUT2D eigenvalue weighted by molar-refractivity contribution is 0.437. The van der Waals surface area contributed by atoms with E-state index in [4.69, 9.17) is 16.3 Å². The van der Waals surface area contributed by atoms with E-state index in [1.54, 1.807) is 6.20 Å². The second-order valence-corrected chi connectivity index (χ2v) is 5.05. The highest BCUT2D eigenvalue weighted by molar-refractivity contribution is 9.10. The van der Waals surface area contributed by atoms with Crippen molar-refractivity contribution >= 4 is 27.5 Å². The van der Waals surface area contributed by atoms with Crippen LogP contribution in [0.4, 0.5) is 0 Å². The fraction of sp³-hybridized carbons (Fsp3) is 0.231. The van der Waals surface area contributed by atoms with Crippen molar-refractivity contribution in [1.29, 1.82) is 0 Å². The van der Waals surface area contributed by atoms with Gasteiger partial charge in [-0.2, -0.15) is 4.98 Å². The third-order valence-electron chi connectivity index (χ3n) is 2.49. The van der Waals surface area contributed by atoms with Gasteiger partial charge in [0.15, 0.2) is 0 Å². The Morgan fingerprint density at radius 3 is 2.72 bits per heavy atom. The average molecular weight is 328 g/mol. The zero-order chi connectivity index (χ0) is 13.1. The molecule has 2 aromatic rings. The number of nitrogens with zero attached hydrogens (tertiary/aromatic N) is 2. The summed E-state index contributed by atoms with van der Waals surface area (Å²) in [6.07, 6.45) is 1.69. The van der Waals surface area contributed by atoms with Gasteiger partial charge in [-0.3, -0.25) is 0 Å². The summed E-state index contributed by atoms with van der Waals surface area (Å²) in [5.41, 5.74) is 2.90. The van der Waals surface area contributed by atoms with Gasteiger partial charge >= 0.3 is 6.01 Å². The van der Waals surface area contributed by atoms with Crippen LogP contribution < -0.4 is 4.74 Å². The van der Waals surface area contributed by atoms with Crippen LogP contribution in [0.25, 0.3) is 0 Å². The lowest BCUT2D eigenvalue weighted by atomic mass is 10.2. The number of hydrogen-bond donors (Lipinski definition) is 0. The summed E-state index contributed by atoms with van der Waals surface area (Å²) in [4.78, 5) is 8.39. The lowest BCUT2D eigenvalue weighted by Crippen LogP contribution is -1.97. The van der Waals surface area contributed by atoms with Gasteiger partial charge in [0.2, 0.25) is 0 Å². The first-order valence-electron chi connectivity index (χ1n) is 5.42. The smallest absolute Gasteiger partial charge is 0.322 e. The van der Waals surface area contributed by atoms with Crippen LogP contribution in [0, 0.1) is 13.8 Å². The molecule has 2 rings (SSSR count). The molecule has 0 unspecified atom stereocenters. The van der Waals surface area contributed by atoms with E-state index in [-0.39, 0.29) is 0 Å². The molecule has 18 heavy (non-hydrogen) atoms. The lowest BCUT2D eigenvalue weighted by Gasteiger charge is -2.08. The number of hydrogen-bond acceptors (Lipinski definition) is 3. The molecule has 0 aliphatic heterocycles. The summed E-state index contributed by atoms with van der Waals surface area (Å²) >= 11 is 9.21. The second kappa shape index (κ2) is 5.67. The number of ether oxygens (including phenoxy) is 1. The zero-order valence-electron chi connectivity index (χ0n) is 10.1. The number of rotatable bonds is 3. The van der Waals surface area contributed by atoms with Crippen LogP contribution in [0.15, 0.2) is 28.9 Å². The summed E-state index contributed by atoms with van der Waals surface area (Å²) in [6.45, 7) is 3.90. The van der Waals surface area contributed by atoms with Crippen LogP contribution in [-0.4, -0.2) is 9.97 Å². The predicted octanol–water partition coefficient (Wildman–Crippen LogP) is 4.39. The SMILES string of the molecule is Cc1ccc(Oc2ncc(CCl)c(C)n2)c(Br)c1. The third kappa shape index (κ3) is 3.00. The van der Waals surface area contributed by atoms with Crippen molar-refractivity contribution < 1.29 is 4.74 Å². The van der Waals surface area contributed by atoms with E-state index in [2.05, 4.69) is 25.9 Å². The molecule has 0 N–H and O–H groups in total. The summed E-state index contributed by atoms with van der Waals surface area (Å²) < 4.78 is 6.51. The summed E-state index contributed by atoms with van der Waals surface area (Å²) in [6, 6.07) is 6.16. The molecule has 0 spiro atoms. The maximum atomic E-state index is 5.76. The first-order chi connectivity index (χ1) is 8.60. The van der Waals surface area contributed by atoms with Crippen LogP contribution in [0.3, 0.4) is 0 Å². The van der Waals surface area contributed by atoms with E-state index >= 15 is 0 Å². The van der Waals surface area contributed by atoms with Crippen molar-refractivity contribution in [1.82, 2.24) is 9.97 Å². The van der Waals surface area contributed by atoms with Crippen molar-refractivity contribution in [3.8, 4) is 11.8 Å². The minimum atomic E-state index is 0.325. The first-order valence-corrected chi connectivity index (χ1v) is 6.75. The molecule has 0 radical (unpaired) electrons. The number of aryl methyl sites for hydroxylation is 2. The van der Waals surface area contributed by atoms with E-state index in [0.717, 1.165) is 21.3 Å². The Morgan fingerprint density at radius 1 is 1.33 bits per heavy atom. The molecule has 94 valence electrons. The molecule has 0 aliphatic rings. The highest BCUT2D eigenvalue weighted by Crippen LogP contribution is 2.29. The van der Waals surface area contributed by atoms with Gasteiger partial charge in [-0.25, -0.2) is 4.98 Å². The highest BCUT2D eigenvalue weighted by Gasteiger charge is 2.07. The Labute approximate surface area is 119 Å². The minimum Gasteiger partial charge on any atom is -0.423 e. The normalized spacial score (nSPS) is 10.4. The standard InChI is InChI=1S/C13H12BrClN2O/c1-8-3-4-12(11(14)5-8)18-13-16-7-10(6-15)9(2)17-13/h3-5,7H,6H2,1-2H3. The number of alkyl halides is 1. The van der Waals surface area contributed by atoms with Crippen molar-refractivity contribution in [2.75, 3.05) is 0 Å². The summed E-state index contributed by atoms with van der Waals surface area (Å²) in [5.74, 6) is 1.10. The van der Waals surface area contributed by atoms with E-state index in [1.165, 1.54) is 0 Å². The molecule has 1 heterocycles. The van der Waals surface area contributed by atoms with Gasteiger partial charge in [0.1, 0.15) is 5.75 Å². The van der Waals surface area contributed by atoms with E-state index < -0.39 is 0 Å². The molecular weight excluding hydrogens is 316 g/mol. The van der Waals surface area contributed by atoms with Crippen molar-refractivity contribution in [2.24, 2.45) is 0 Å². The van der Waals surface area contributed by atoms with Gasteiger partial charge in [0.05, 0.1) is 10.4 Å². The molecule has 0 aliphatic carbocycles. The maximum absolute atomic E-state index is 5.76. The van der Waals surface area contributed by atoms with E-state index in [1.807, 2.05) is 32.0 Å². The molecule has 0 fully saturated rings. The molecule has 1 aromatic heterocycles. The topological polar surface area (TPSA) is 35.0 Å². The molecule has 0 atom stereocenters. The minimum absolute atomic E-state index is 0.325. The Kier molecular flexibility index (Phi) is 4.19. The average Bonchev–Trinajstić information content (AvgIpc) is 2.33. The summed E-state index contributed by atoms with van der Waals surface area (Å²) in [5, 5.41) is 0. The fourth-order valence-electron chi connectivity index (χ4n) is 1.44. The molecule has 1 aromatic carbocycles. The summed E-state index contributed by atoms with van der Waals surface area (Å²) in [7, 11) is 0. The van der Waals surface area contributed by atoms with Crippen LogP contribution >= 0.6 is 27.5 Å². The fourth-order valence-corrected chi connectivity index (χ4v) is 2.27. The molecular formula is C13H12BrClN2O. The number of aromatic nitrogens is 2. The van der Waals surface area contributed by atoms with Gasteiger partial charge < -0.3 is 4.74 Å². The molecule has 3 nitrogen and oxygen atoms in total. The van der Waals surface area contributed by atoms with E-state index in [0.29, 0.717) is 17.6 Å². The number of benzene rings is 1. The van der Waals surface area contributed by atoms with Gasteiger partial charge in [-0.15, -0.1) is 11.6 Å². The largest absolute Gasteiger partial charge is 0.423 e. The van der Waals surface area contributed by atoms with Gasteiger partial charge in [-0.05, 0) is 47.5 Å². The Morgan fingerprint density at radius 2 is 2.11 bits per heavy atom. The quantitative estimate of drug-likeness (QED) is 0.784. The molecule has 0 amide bonds. The first kappa shape index (κ1) is 13.3. The van der Waals surface area contributed by atoms with Gasteiger partial charge in [-0.1, -0.05) is 6.07 Å².